The number of amides is 1. The van der Waals surface area contributed by atoms with Crippen LogP contribution in [0.3, 0.4) is 0 Å². The molecule has 4 nitrogen and oxygen atoms in total. The molecule has 0 aromatic heterocycles. The molecule has 0 bridgehead atoms. The first-order valence-electron chi connectivity index (χ1n) is 5.43. The zero-order valence-corrected chi connectivity index (χ0v) is 12.6. The molecule has 6 heteroatoms. The van der Waals surface area contributed by atoms with Crippen LogP contribution in [0.4, 0.5) is 5.69 Å². The first-order valence-corrected chi connectivity index (χ1v) is 6.63. The predicted molar refractivity (Wildman–Crippen MR) is 79.9 cm³/mol. The van der Waals surface area contributed by atoms with E-state index in [0.29, 0.717) is 17.9 Å². The van der Waals surface area contributed by atoms with Gasteiger partial charge in [-0.05, 0) is 40.5 Å². The molecule has 0 saturated heterocycles. The maximum atomic E-state index is 11.9. The van der Waals surface area contributed by atoms with Crippen LogP contribution in [0.2, 0.25) is 0 Å². The Morgan fingerprint density at radius 2 is 2.28 bits per heavy atom. The van der Waals surface area contributed by atoms with E-state index in [-0.39, 0.29) is 10.9 Å². The van der Waals surface area contributed by atoms with Crippen LogP contribution in [0.1, 0.15) is 13.3 Å². The van der Waals surface area contributed by atoms with Crippen LogP contribution < -0.4 is 15.8 Å². The number of hydrogen-bond donors (Lipinski definition) is 2. The summed E-state index contributed by atoms with van der Waals surface area (Å²) < 4.78 is 5.88. The van der Waals surface area contributed by atoms with Crippen molar-refractivity contribution < 1.29 is 9.53 Å². The highest BCUT2D eigenvalue weighted by Gasteiger charge is 2.19. The molecule has 0 aliphatic rings. The summed E-state index contributed by atoms with van der Waals surface area (Å²) >= 11 is 8.22. The highest BCUT2D eigenvalue weighted by atomic mass is 79.9. The zero-order chi connectivity index (χ0) is 13.7. The lowest BCUT2D eigenvalue weighted by atomic mass is 10.1. The van der Waals surface area contributed by atoms with Crippen molar-refractivity contribution in [3.63, 3.8) is 0 Å². The Hall–Kier alpha value is -1.14. The van der Waals surface area contributed by atoms with Crippen LogP contribution in [0, 0.1) is 5.92 Å². The van der Waals surface area contributed by atoms with Crippen molar-refractivity contribution in [3.8, 4) is 5.75 Å². The number of anilines is 1. The predicted octanol–water partition coefficient (Wildman–Crippen LogP) is 2.71. The van der Waals surface area contributed by atoms with Gasteiger partial charge in [0.2, 0.25) is 5.91 Å². The van der Waals surface area contributed by atoms with Crippen molar-refractivity contribution in [1.82, 2.24) is 0 Å². The van der Waals surface area contributed by atoms with E-state index in [1.165, 1.54) is 0 Å². The maximum Gasteiger partial charge on any atom is 0.234 e. The molecule has 0 aliphatic carbocycles. The van der Waals surface area contributed by atoms with Gasteiger partial charge in [-0.3, -0.25) is 4.79 Å². The fourth-order valence-corrected chi connectivity index (χ4v) is 2.30. The summed E-state index contributed by atoms with van der Waals surface area (Å²) in [5.41, 5.74) is 6.19. The maximum absolute atomic E-state index is 11.9. The van der Waals surface area contributed by atoms with E-state index in [1.807, 2.05) is 6.92 Å². The van der Waals surface area contributed by atoms with E-state index in [9.17, 15) is 4.79 Å². The Kier molecular flexibility index (Phi) is 5.55. The third-order valence-electron chi connectivity index (χ3n) is 2.49. The molecule has 0 fully saturated rings. The van der Waals surface area contributed by atoms with Crippen LogP contribution in [0.5, 0.6) is 5.75 Å². The second kappa shape index (κ2) is 6.70. The fourth-order valence-electron chi connectivity index (χ4n) is 1.49. The van der Waals surface area contributed by atoms with Crippen molar-refractivity contribution in [1.29, 1.82) is 0 Å². The van der Waals surface area contributed by atoms with E-state index in [4.69, 9.17) is 22.7 Å². The molecule has 1 unspecified atom stereocenters. The minimum Gasteiger partial charge on any atom is -0.496 e. The lowest BCUT2D eigenvalue weighted by molar-refractivity contribution is -0.118. The fraction of sp³-hybridized carbons (Fsp3) is 0.333. The third-order valence-corrected chi connectivity index (χ3v) is 3.39. The minimum atomic E-state index is -0.444. The summed E-state index contributed by atoms with van der Waals surface area (Å²) in [6, 6.07) is 5.29. The third kappa shape index (κ3) is 3.68. The van der Waals surface area contributed by atoms with Crippen molar-refractivity contribution in [2.45, 2.75) is 13.3 Å². The molecule has 1 rings (SSSR count). The van der Waals surface area contributed by atoms with Crippen LogP contribution >= 0.6 is 28.1 Å². The topological polar surface area (TPSA) is 64.3 Å². The second-order valence-corrected chi connectivity index (χ2v) is 5.03. The second-order valence-electron chi connectivity index (χ2n) is 3.70. The average molecular weight is 331 g/mol. The summed E-state index contributed by atoms with van der Waals surface area (Å²) in [5, 5.41) is 2.77. The summed E-state index contributed by atoms with van der Waals surface area (Å²) in [6.07, 6.45) is 0.582. The van der Waals surface area contributed by atoms with Crippen molar-refractivity contribution >= 4 is 44.7 Å². The van der Waals surface area contributed by atoms with Gasteiger partial charge in [-0.1, -0.05) is 19.1 Å². The number of hydrogen-bond acceptors (Lipinski definition) is 3. The Labute approximate surface area is 120 Å². The summed E-state index contributed by atoms with van der Waals surface area (Å²) in [7, 11) is 1.58. The number of nitrogens with one attached hydrogen (secondary N) is 1. The van der Waals surface area contributed by atoms with Crippen LogP contribution in [0.25, 0.3) is 0 Å². The Morgan fingerprint density at radius 3 is 2.72 bits per heavy atom. The van der Waals surface area contributed by atoms with E-state index in [1.54, 1.807) is 25.3 Å². The highest BCUT2D eigenvalue weighted by molar-refractivity contribution is 9.10. The molecule has 0 radical (unpaired) electrons. The molecule has 1 atom stereocenters. The van der Waals surface area contributed by atoms with Gasteiger partial charge in [0.1, 0.15) is 5.75 Å². The first-order chi connectivity index (χ1) is 8.49. The van der Waals surface area contributed by atoms with Crippen LogP contribution in [-0.2, 0) is 4.79 Å². The van der Waals surface area contributed by atoms with Gasteiger partial charge in [0, 0.05) is 5.69 Å². The van der Waals surface area contributed by atoms with Gasteiger partial charge in [-0.2, -0.15) is 0 Å². The number of halogens is 1. The number of benzene rings is 1. The molecule has 1 aromatic rings. The molecule has 0 spiro atoms. The van der Waals surface area contributed by atoms with Gasteiger partial charge in [-0.25, -0.2) is 0 Å². The molecule has 1 aromatic carbocycles. The summed E-state index contributed by atoms with van der Waals surface area (Å²) in [6.45, 7) is 1.87. The number of carbonyl (C=O) groups is 1. The first kappa shape index (κ1) is 14.9. The lowest BCUT2D eigenvalue weighted by Crippen LogP contribution is -2.32. The number of carbonyl (C=O) groups excluding carboxylic acids is 1. The largest absolute Gasteiger partial charge is 0.496 e. The summed E-state index contributed by atoms with van der Waals surface area (Å²) in [5.74, 6) is 0.0670. The molecule has 18 heavy (non-hydrogen) atoms. The number of rotatable bonds is 5. The zero-order valence-electron chi connectivity index (χ0n) is 10.2. The van der Waals surface area contributed by atoms with Gasteiger partial charge in [-0.15, -0.1) is 0 Å². The monoisotopic (exact) mass is 330 g/mol. The van der Waals surface area contributed by atoms with Crippen molar-refractivity contribution in [2.24, 2.45) is 11.7 Å². The quantitative estimate of drug-likeness (QED) is 0.815. The number of thiocarbonyl (C=S) groups is 1. The Bertz CT molecular complexity index is 465. The van der Waals surface area contributed by atoms with Crippen LogP contribution in [-0.4, -0.2) is 18.0 Å². The molecule has 3 N–H and O–H groups in total. The number of methoxy groups -OCH3 is 1. The lowest BCUT2D eigenvalue weighted by Gasteiger charge is -2.14. The molecule has 0 saturated carbocycles. The average Bonchev–Trinajstić information content (AvgIpc) is 2.29. The normalized spacial score (nSPS) is 11.7. The molecule has 0 heterocycles. The Balaban J connectivity index is 2.82. The molecule has 98 valence electrons. The minimum absolute atomic E-state index is 0.193. The number of nitrogens with two attached hydrogens (primary N) is 1. The van der Waals surface area contributed by atoms with E-state index in [0.717, 1.165) is 4.47 Å². The molecular weight excluding hydrogens is 316 g/mol. The molecule has 1 amide bonds. The van der Waals surface area contributed by atoms with Gasteiger partial charge >= 0.3 is 0 Å². The van der Waals surface area contributed by atoms with Gasteiger partial charge in [0.25, 0.3) is 0 Å². The Morgan fingerprint density at radius 1 is 1.61 bits per heavy atom. The highest BCUT2D eigenvalue weighted by Crippen LogP contribution is 2.27. The number of ether oxygens (including phenoxy) is 1. The van der Waals surface area contributed by atoms with E-state index < -0.39 is 5.92 Å². The molecule has 0 aliphatic heterocycles. The van der Waals surface area contributed by atoms with Gasteiger partial charge in [0.15, 0.2) is 0 Å². The standard InChI is InChI=1S/C12H15BrN2O2S/c1-3-8(11(14)18)12(16)15-7-4-5-10(17-2)9(13)6-7/h4-6,8H,3H2,1-2H3,(H2,14,18)(H,15,16). The van der Waals surface area contributed by atoms with Crippen molar-refractivity contribution in [3.05, 3.63) is 22.7 Å². The van der Waals surface area contributed by atoms with Gasteiger partial charge < -0.3 is 15.8 Å². The molecular formula is C12H15BrN2O2S. The van der Waals surface area contributed by atoms with Crippen LogP contribution in [0.15, 0.2) is 22.7 Å². The van der Waals surface area contributed by atoms with Crippen molar-refractivity contribution in [2.75, 3.05) is 12.4 Å². The van der Waals surface area contributed by atoms with E-state index in [2.05, 4.69) is 21.2 Å². The van der Waals surface area contributed by atoms with E-state index >= 15 is 0 Å². The summed E-state index contributed by atoms with van der Waals surface area (Å²) in [4.78, 5) is 12.1. The smallest absolute Gasteiger partial charge is 0.234 e. The van der Waals surface area contributed by atoms with Gasteiger partial charge in [0.05, 0.1) is 22.5 Å². The SMILES string of the molecule is CCC(C(=O)Nc1ccc(OC)c(Br)c1)C(N)=S.